The Kier molecular flexibility index (Phi) is 5.77. The second-order valence-electron chi connectivity index (χ2n) is 6.88. The predicted octanol–water partition coefficient (Wildman–Crippen LogP) is 4.77. The maximum atomic E-state index is 12.4. The number of allylic oxidation sites excluding steroid dienone is 1. The highest BCUT2D eigenvalue weighted by Crippen LogP contribution is 2.31. The molecule has 2 heterocycles. The monoisotopic (exact) mass is 437 g/mol. The topological polar surface area (TPSA) is 84.2 Å². The lowest BCUT2D eigenvalue weighted by atomic mass is 10.1. The molecule has 0 atom stereocenters. The first kappa shape index (κ1) is 20.7. The highest BCUT2D eigenvalue weighted by molar-refractivity contribution is 6.32. The van der Waals surface area contributed by atoms with E-state index in [2.05, 4.69) is 4.99 Å². The van der Waals surface area contributed by atoms with Gasteiger partial charge >= 0.3 is 0 Å². The Hall–Kier alpha value is -3.58. The first-order valence-electron chi connectivity index (χ1n) is 9.68. The van der Waals surface area contributed by atoms with Gasteiger partial charge in [-0.25, -0.2) is 0 Å². The van der Waals surface area contributed by atoms with E-state index in [9.17, 15) is 4.79 Å². The molecule has 4 rings (SSSR count). The number of amidine groups is 2. The first-order valence-corrected chi connectivity index (χ1v) is 10.1. The lowest BCUT2D eigenvalue weighted by Crippen LogP contribution is -2.38. The van der Waals surface area contributed by atoms with Gasteiger partial charge in [0.1, 0.15) is 12.4 Å². The van der Waals surface area contributed by atoms with E-state index >= 15 is 0 Å². The SMILES string of the molecule is CCOc1cc(/C=C2/C(=N)N3OC(C)=CC3=NC2=O)ccc1OCc1ccc(Cl)cc1. The van der Waals surface area contributed by atoms with Crippen LogP contribution in [0.25, 0.3) is 6.08 Å². The molecule has 2 aliphatic heterocycles. The average Bonchev–Trinajstić information content (AvgIpc) is 3.12. The summed E-state index contributed by atoms with van der Waals surface area (Å²) in [5.74, 6) is 1.44. The van der Waals surface area contributed by atoms with E-state index in [4.69, 9.17) is 31.3 Å². The molecule has 2 aromatic carbocycles. The molecule has 0 saturated heterocycles. The van der Waals surface area contributed by atoms with Gasteiger partial charge in [0.2, 0.25) is 0 Å². The van der Waals surface area contributed by atoms with Gasteiger partial charge in [0, 0.05) is 11.1 Å². The molecule has 0 aliphatic carbocycles. The normalized spacial score (nSPS) is 16.6. The molecule has 1 N–H and O–H groups in total. The van der Waals surface area contributed by atoms with Crippen LogP contribution in [0.1, 0.15) is 25.0 Å². The maximum absolute atomic E-state index is 12.4. The number of hydroxylamine groups is 2. The number of fused-ring (bicyclic) bond motifs is 1. The van der Waals surface area contributed by atoms with Gasteiger partial charge in [-0.1, -0.05) is 29.8 Å². The van der Waals surface area contributed by atoms with Crippen LogP contribution in [0, 0.1) is 5.41 Å². The van der Waals surface area contributed by atoms with Crippen molar-refractivity contribution in [2.24, 2.45) is 4.99 Å². The van der Waals surface area contributed by atoms with E-state index < -0.39 is 5.91 Å². The second kappa shape index (κ2) is 8.65. The maximum Gasteiger partial charge on any atom is 0.282 e. The number of nitrogens with zero attached hydrogens (tertiary/aromatic N) is 2. The molecule has 1 amide bonds. The van der Waals surface area contributed by atoms with Crippen molar-refractivity contribution in [3.05, 3.63) is 76.0 Å². The summed E-state index contributed by atoms with van der Waals surface area (Å²) in [6.07, 6.45) is 3.21. The average molecular weight is 438 g/mol. The summed E-state index contributed by atoms with van der Waals surface area (Å²) >= 11 is 5.92. The Morgan fingerprint density at radius 1 is 1.16 bits per heavy atom. The van der Waals surface area contributed by atoms with Crippen molar-refractivity contribution in [3.8, 4) is 11.5 Å². The summed E-state index contributed by atoms with van der Waals surface area (Å²) in [4.78, 5) is 21.9. The first-order chi connectivity index (χ1) is 14.9. The standard InChI is InChI=1S/C23H20ClN3O4/c1-3-29-20-12-16(6-9-19(20)30-13-15-4-7-17(24)8-5-15)11-18-22(25)27-21(26-23(18)28)10-14(2)31-27/h4-12,25H,3,13H2,1-2H3/b18-11-,25-22?. The number of carbonyl (C=O) groups excluding carboxylic acids is 1. The summed E-state index contributed by atoms with van der Waals surface area (Å²) in [6, 6.07) is 12.7. The van der Waals surface area contributed by atoms with Gasteiger partial charge in [0.25, 0.3) is 5.91 Å². The van der Waals surface area contributed by atoms with Crippen molar-refractivity contribution >= 4 is 35.3 Å². The molecule has 0 fully saturated rings. The number of nitrogens with one attached hydrogen (secondary N) is 1. The fourth-order valence-electron chi connectivity index (χ4n) is 3.11. The quantitative estimate of drug-likeness (QED) is 0.658. The van der Waals surface area contributed by atoms with Crippen LogP contribution in [0.2, 0.25) is 5.02 Å². The Bertz CT molecular complexity index is 1140. The summed E-state index contributed by atoms with van der Waals surface area (Å²) in [5.41, 5.74) is 1.78. The summed E-state index contributed by atoms with van der Waals surface area (Å²) < 4.78 is 11.6. The van der Waals surface area contributed by atoms with Crippen LogP contribution in [0.3, 0.4) is 0 Å². The lowest BCUT2D eigenvalue weighted by molar-refractivity contribution is -0.114. The number of benzene rings is 2. The zero-order valence-corrected chi connectivity index (χ0v) is 17.8. The van der Waals surface area contributed by atoms with Crippen LogP contribution >= 0.6 is 11.6 Å². The van der Waals surface area contributed by atoms with Crippen molar-refractivity contribution in [1.29, 1.82) is 5.41 Å². The van der Waals surface area contributed by atoms with Crippen molar-refractivity contribution in [2.45, 2.75) is 20.5 Å². The van der Waals surface area contributed by atoms with Gasteiger partial charge < -0.3 is 14.3 Å². The van der Waals surface area contributed by atoms with Crippen LogP contribution in [-0.2, 0) is 16.2 Å². The molecule has 0 radical (unpaired) electrons. The zero-order chi connectivity index (χ0) is 22.0. The molecule has 0 saturated carbocycles. The minimum atomic E-state index is -0.494. The Balaban J connectivity index is 1.57. The number of ether oxygens (including phenoxy) is 2. The van der Waals surface area contributed by atoms with E-state index in [0.717, 1.165) is 5.56 Å². The van der Waals surface area contributed by atoms with E-state index in [1.165, 1.54) is 5.06 Å². The van der Waals surface area contributed by atoms with Gasteiger partial charge in [-0.05, 0) is 55.3 Å². The third-order valence-corrected chi connectivity index (χ3v) is 4.82. The third kappa shape index (κ3) is 4.46. The molecular weight excluding hydrogens is 418 g/mol. The van der Waals surface area contributed by atoms with E-state index in [-0.39, 0.29) is 11.4 Å². The number of amides is 1. The Labute approximate surface area is 184 Å². The highest BCUT2D eigenvalue weighted by Gasteiger charge is 2.34. The van der Waals surface area contributed by atoms with Gasteiger partial charge in [0.05, 0.1) is 12.2 Å². The largest absolute Gasteiger partial charge is 0.490 e. The fraction of sp³-hybridized carbons (Fsp3) is 0.174. The van der Waals surface area contributed by atoms with Crippen molar-refractivity contribution in [2.75, 3.05) is 6.61 Å². The van der Waals surface area contributed by atoms with Crippen molar-refractivity contribution in [3.63, 3.8) is 0 Å². The van der Waals surface area contributed by atoms with Crippen LogP contribution in [0.4, 0.5) is 0 Å². The molecule has 0 bridgehead atoms. The Morgan fingerprint density at radius 3 is 2.68 bits per heavy atom. The number of halogens is 1. The molecule has 0 unspecified atom stereocenters. The van der Waals surface area contributed by atoms with Crippen LogP contribution < -0.4 is 9.47 Å². The molecule has 8 heteroatoms. The van der Waals surface area contributed by atoms with Gasteiger partial charge in [-0.2, -0.15) is 4.99 Å². The van der Waals surface area contributed by atoms with Crippen molar-refractivity contribution < 1.29 is 19.1 Å². The lowest BCUT2D eigenvalue weighted by Gasteiger charge is -2.23. The summed E-state index contributed by atoms with van der Waals surface area (Å²) in [6.45, 7) is 4.42. The molecule has 0 aromatic heterocycles. The third-order valence-electron chi connectivity index (χ3n) is 4.57. The molecule has 2 aromatic rings. The van der Waals surface area contributed by atoms with Gasteiger partial charge in [0.15, 0.2) is 23.2 Å². The Morgan fingerprint density at radius 2 is 1.94 bits per heavy atom. The van der Waals surface area contributed by atoms with Gasteiger partial charge in [-0.3, -0.25) is 10.2 Å². The minimum Gasteiger partial charge on any atom is -0.490 e. The second-order valence-corrected chi connectivity index (χ2v) is 7.31. The molecule has 158 valence electrons. The fourth-order valence-corrected chi connectivity index (χ4v) is 3.24. The molecular formula is C23H20ClN3O4. The number of aliphatic imine (C=N–C) groups is 1. The predicted molar refractivity (Wildman–Crippen MR) is 118 cm³/mol. The van der Waals surface area contributed by atoms with Crippen LogP contribution in [0.15, 0.2) is 64.9 Å². The van der Waals surface area contributed by atoms with Crippen LogP contribution in [-0.4, -0.2) is 29.2 Å². The minimum absolute atomic E-state index is 0.0656. The molecule has 0 spiro atoms. The van der Waals surface area contributed by atoms with E-state index in [1.807, 2.05) is 31.2 Å². The van der Waals surface area contributed by atoms with Crippen molar-refractivity contribution in [1.82, 2.24) is 5.06 Å². The molecule has 31 heavy (non-hydrogen) atoms. The number of hydrogen-bond acceptors (Lipinski definition) is 5. The van der Waals surface area contributed by atoms with E-state index in [1.54, 1.807) is 37.3 Å². The molecule has 7 nitrogen and oxygen atoms in total. The van der Waals surface area contributed by atoms with E-state index in [0.29, 0.717) is 46.9 Å². The number of hydrogen-bond donors (Lipinski definition) is 1. The van der Waals surface area contributed by atoms with Gasteiger partial charge in [-0.15, -0.1) is 5.06 Å². The molecule has 2 aliphatic rings. The summed E-state index contributed by atoms with van der Waals surface area (Å²) in [7, 11) is 0. The number of rotatable bonds is 6. The smallest absolute Gasteiger partial charge is 0.282 e. The highest BCUT2D eigenvalue weighted by atomic mass is 35.5. The summed E-state index contributed by atoms with van der Waals surface area (Å²) in [5, 5.41) is 10.2. The van der Waals surface area contributed by atoms with Crippen LogP contribution in [0.5, 0.6) is 11.5 Å². The zero-order valence-electron chi connectivity index (χ0n) is 17.0. The number of carbonyl (C=O) groups is 1.